The largest absolute Gasteiger partial charge is 0.458 e. The zero-order valence-electron chi connectivity index (χ0n) is 28.8. The van der Waals surface area contributed by atoms with E-state index in [4.69, 9.17) is 4.74 Å². The van der Waals surface area contributed by atoms with Crippen molar-refractivity contribution in [1.29, 1.82) is 0 Å². The summed E-state index contributed by atoms with van der Waals surface area (Å²) in [5, 5.41) is 0. The molecule has 0 saturated heterocycles. The van der Waals surface area contributed by atoms with Crippen LogP contribution < -0.4 is 35.8 Å². The number of rotatable bonds is 4. The van der Waals surface area contributed by atoms with Gasteiger partial charge in [-0.3, -0.25) is 0 Å². The van der Waals surface area contributed by atoms with Gasteiger partial charge in [-0.1, -0.05) is 127 Å². The second-order valence-corrected chi connectivity index (χ2v) is 13.7. The Morgan fingerprint density at radius 1 is 0.340 bits per heavy atom. The van der Waals surface area contributed by atoms with Gasteiger partial charge in [0.2, 0.25) is 0 Å². The molecule has 3 aliphatic rings. The summed E-state index contributed by atoms with van der Waals surface area (Å²) in [6, 6.07) is 69.5. The molecule has 0 fully saturated rings. The van der Waals surface area contributed by atoms with Crippen molar-refractivity contribution in [3.8, 4) is 22.6 Å². The van der Waals surface area contributed by atoms with Crippen molar-refractivity contribution in [1.82, 2.24) is 0 Å². The highest BCUT2D eigenvalue weighted by Gasteiger charge is 2.46. The summed E-state index contributed by atoms with van der Waals surface area (Å²) in [7, 11) is 0. The number of ether oxygens (including phenoxy) is 1. The van der Waals surface area contributed by atoms with E-state index < -0.39 is 0 Å². The molecule has 0 radical (unpaired) electrons. The number of hydrogen-bond acceptors (Lipinski definition) is 4. The molecule has 3 heterocycles. The molecule has 3 aliphatic heterocycles. The smallest absolute Gasteiger partial charge is 0.256 e. The predicted molar refractivity (Wildman–Crippen MR) is 221 cm³/mol. The summed E-state index contributed by atoms with van der Waals surface area (Å²) in [6.45, 7) is -0.0141. The van der Waals surface area contributed by atoms with Gasteiger partial charge in [0, 0.05) is 28.8 Å². The van der Waals surface area contributed by atoms with E-state index in [9.17, 15) is 0 Å². The van der Waals surface area contributed by atoms with Gasteiger partial charge >= 0.3 is 0 Å². The van der Waals surface area contributed by atoms with Crippen LogP contribution in [0.2, 0.25) is 0 Å². The third kappa shape index (κ3) is 4.50. The quantitative estimate of drug-likeness (QED) is 0.173. The second kappa shape index (κ2) is 11.8. The molecule has 4 nitrogen and oxygen atoms in total. The Bertz CT molecular complexity index is 2660. The van der Waals surface area contributed by atoms with E-state index in [2.05, 4.69) is 209 Å². The molecule has 53 heavy (non-hydrogen) atoms. The summed E-state index contributed by atoms with van der Waals surface area (Å²) >= 11 is 0. The molecule has 5 heteroatoms. The van der Waals surface area contributed by atoms with Crippen LogP contribution in [0.15, 0.2) is 194 Å². The van der Waals surface area contributed by atoms with Crippen LogP contribution >= 0.6 is 0 Å². The standard InChI is InChI=1S/C48H32BN3O/c1-4-16-33(17-5-1)34-28-30-37(31-29-34)50-41-25-13-14-26-42(41)52(36-20-8-3-9-21-36)47-43(50)32-45-46-48(47)51(35-18-6-2-7-19-35)40-24-12-10-22-38(40)49(46)39-23-11-15-27-44(39)53-45/h1-32H. The van der Waals surface area contributed by atoms with Crippen molar-refractivity contribution in [3.63, 3.8) is 0 Å². The predicted octanol–water partition coefficient (Wildman–Crippen LogP) is 11.0. The highest BCUT2D eigenvalue weighted by molar-refractivity contribution is 6.99. The van der Waals surface area contributed by atoms with Gasteiger partial charge in [-0.25, -0.2) is 0 Å². The van der Waals surface area contributed by atoms with E-state index in [1.807, 2.05) is 0 Å². The van der Waals surface area contributed by atoms with Crippen molar-refractivity contribution in [2.45, 2.75) is 0 Å². The summed E-state index contributed by atoms with van der Waals surface area (Å²) in [6.07, 6.45) is 0. The van der Waals surface area contributed by atoms with E-state index >= 15 is 0 Å². The second-order valence-electron chi connectivity index (χ2n) is 13.7. The number of nitrogens with zero attached hydrogens (tertiary/aromatic N) is 3. The average Bonchev–Trinajstić information content (AvgIpc) is 3.23. The van der Waals surface area contributed by atoms with Crippen LogP contribution in [0.1, 0.15) is 0 Å². The molecule has 8 aromatic rings. The Balaban J connectivity index is 1.26. The van der Waals surface area contributed by atoms with Gasteiger partial charge in [0.25, 0.3) is 6.71 Å². The monoisotopic (exact) mass is 677 g/mol. The van der Waals surface area contributed by atoms with E-state index in [1.165, 1.54) is 27.5 Å². The van der Waals surface area contributed by atoms with E-state index in [-0.39, 0.29) is 6.71 Å². The molecule has 0 aliphatic carbocycles. The Labute approximate surface area is 309 Å². The van der Waals surface area contributed by atoms with E-state index in [0.717, 1.165) is 62.7 Å². The molecule has 0 aromatic heterocycles. The van der Waals surface area contributed by atoms with Crippen LogP contribution in [-0.4, -0.2) is 6.71 Å². The van der Waals surface area contributed by atoms with Gasteiger partial charge in [0.1, 0.15) is 11.5 Å². The van der Waals surface area contributed by atoms with Crippen LogP contribution in [0.5, 0.6) is 11.5 Å². The molecule has 8 aromatic carbocycles. The molecule has 11 rings (SSSR count). The first-order chi connectivity index (χ1) is 26.3. The first-order valence-electron chi connectivity index (χ1n) is 18.1. The van der Waals surface area contributed by atoms with Crippen LogP contribution in [0.3, 0.4) is 0 Å². The number of para-hydroxylation sites is 6. The maximum atomic E-state index is 7.01. The topological polar surface area (TPSA) is 19.0 Å². The molecule has 248 valence electrons. The molecule has 0 N–H and O–H groups in total. The van der Waals surface area contributed by atoms with Crippen LogP contribution in [0.25, 0.3) is 11.1 Å². The third-order valence-corrected chi connectivity index (χ3v) is 10.8. The van der Waals surface area contributed by atoms with Crippen LogP contribution in [0.4, 0.5) is 51.2 Å². The fourth-order valence-electron chi connectivity index (χ4n) is 8.58. The van der Waals surface area contributed by atoms with Crippen molar-refractivity contribution in [3.05, 3.63) is 194 Å². The van der Waals surface area contributed by atoms with Gasteiger partial charge in [0.05, 0.1) is 28.4 Å². The summed E-state index contributed by atoms with van der Waals surface area (Å²) < 4.78 is 7.01. The van der Waals surface area contributed by atoms with E-state index in [1.54, 1.807) is 0 Å². The maximum absolute atomic E-state index is 7.01. The molecule has 0 atom stereocenters. The Morgan fingerprint density at radius 3 is 1.51 bits per heavy atom. The summed E-state index contributed by atoms with van der Waals surface area (Å²) in [5.74, 6) is 1.77. The molecular formula is C48H32BN3O. The maximum Gasteiger partial charge on any atom is 0.256 e. The SMILES string of the molecule is c1ccc(-c2ccc(N3c4ccccc4N(c4ccccc4)c4c3cc3c5c4N(c4ccccc4)c4ccccc4B5c4ccccc4O3)cc2)cc1. The van der Waals surface area contributed by atoms with Crippen LogP contribution in [-0.2, 0) is 0 Å². The minimum atomic E-state index is -0.0141. The lowest BCUT2D eigenvalue weighted by Crippen LogP contribution is -2.59. The highest BCUT2D eigenvalue weighted by atomic mass is 16.5. The zero-order chi connectivity index (χ0) is 34.9. The Kier molecular flexibility index (Phi) is 6.61. The lowest BCUT2D eigenvalue weighted by atomic mass is 9.34. The highest BCUT2D eigenvalue weighted by Crippen LogP contribution is 2.60. The van der Waals surface area contributed by atoms with Gasteiger partial charge in [-0.15, -0.1) is 0 Å². The van der Waals surface area contributed by atoms with Crippen molar-refractivity contribution in [2.75, 3.05) is 14.7 Å². The summed E-state index contributed by atoms with van der Waals surface area (Å²) in [4.78, 5) is 7.33. The van der Waals surface area contributed by atoms with Gasteiger partial charge in [-0.2, -0.15) is 0 Å². The minimum absolute atomic E-state index is 0.0141. The molecule has 0 unspecified atom stereocenters. The molecule has 0 bridgehead atoms. The number of benzene rings is 8. The Hall–Kier alpha value is -6.98. The lowest BCUT2D eigenvalue weighted by molar-refractivity contribution is 0.487. The minimum Gasteiger partial charge on any atom is -0.458 e. The Morgan fingerprint density at radius 2 is 0.830 bits per heavy atom. The van der Waals surface area contributed by atoms with Crippen molar-refractivity contribution < 1.29 is 4.74 Å². The van der Waals surface area contributed by atoms with Gasteiger partial charge < -0.3 is 19.4 Å². The normalized spacial score (nSPS) is 13.3. The fraction of sp³-hybridized carbons (Fsp3) is 0. The zero-order valence-corrected chi connectivity index (χ0v) is 28.8. The molecular weight excluding hydrogens is 645 g/mol. The van der Waals surface area contributed by atoms with Crippen molar-refractivity contribution >= 4 is 74.3 Å². The first kappa shape index (κ1) is 29.7. The number of anilines is 9. The van der Waals surface area contributed by atoms with Gasteiger partial charge in [0.15, 0.2) is 0 Å². The number of fused-ring (bicyclic) bond motifs is 7. The average molecular weight is 678 g/mol. The molecule has 0 amide bonds. The van der Waals surface area contributed by atoms with Crippen LogP contribution in [0, 0.1) is 0 Å². The fourth-order valence-corrected chi connectivity index (χ4v) is 8.58. The third-order valence-electron chi connectivity index (χ3n) is 10.8. The molecule has 0 saturated carbocycles. The summed E-state index contributed by atoms with van der Waals surface area (Å²) in [5.41, 5.74) is 15.9. The lowest BCUT2D eigenvalue weighted by Gasteiger charge is -2.47. The van der Waals surface area contributed by atoms with E-state index in [0.29, 0.717) is 0 Å². The molecule has 0 spiro atoms. The first-order valence-corrected chi connectivity index (χ1v) is 18.1. The number of hydrogen-bond donors (Lipinski definition) is 0. The van der Waals surface area contributed by atoms with Crippen molar-refractivity contribution in [2.24, 2.45) is 0 Å². The van der Waals surface area contributed by atoms with Gasteiger partial charge in [-0.05, 0) is 88.2 Å².